The van der Waals surface area contributed by atoms with E-state index in [0.29, 0.717) is 12.1 Å². The standard InChI is InChI=1S/C26H33N7O/c1-6-19-15-33(23-11-25(34)31(5)24-13-28-30-26(23)24)20(7-2)14-32(19)17(4)18-8-9-21-22(10-18)29-16(3)12-27-21/h8-13,17,19-20H,6-7,14-15H2,1-5H3,(H,28,30)/t17?,19-,20+/m1/s1. The highest BCUT2D eigenvalue weighted by Crippen LogP contribution is 2.34. The second-order valence-electron chi connectivity index (χ2n) is 9.45. The number of fused-ring (bicyclic) bond motifs is 2. The number of aryl methyl sites for hydroxylation is 2. The molecule has 1 unspecified atom stereocenters. The third-order valence-electron chi connectivity index (χ3n) is 7.47. The molecule has 1 aliphatic rings. The van der Waals surface area contributed by atoms with Crippen LogP contribution in [0, 0.1) is 6.92 Å². The van der Waals surface area contributed by atoms with Crippen LogP contribution in [0.15, 0.2) is 41.5 Å². The summed E-state index contributed by atoms with van der Waals surface area (Å²) in [5.74, 6) is 0. The third kappa shape index (κ3) is 3.76. The molecule has 0 saturated carbocycles. The predicted molar refractivity (Wildman–Crippen MR) is 136 cm³/mol. The Bertz CT molecular complexity index is 1390. The summed E-state index contributed by atoms with van der Waals surface area (Å²) in [5.41, 5.74) is 6.71. The number of anilines is 1. The molecule has 178 valence electrons. The SMILES string of the molecule is CC[C@H]1CN(C(C)c2ccc3ncc(C)nc3c2)[C@H](CC)CN1c1cc(=O)n(C)c2c[nH]nc12. The molecule has 1 aromatic carbocycles. The van der Waals surface area contributed by atoms with Crippen LogP contribution in [0.2, 0.25) is 0 Å². The Kier molecular flexibility index (Phi) is 5.85. The van der Waals surface area contributed by atoms with Gasteiger partial charge in [-0.25, -0.2) is 4.98 Å². The summed E-state index contributed by atoms with van der Waals surface area (Å²) in [6.07, 6.45) is 5.64. The van der Waals surface area contributed by atoms with E-state index in [4.69, 9.17) is 4.98 Å². The van der Waals surface area contributed by atoms with Crippen LogP contribution in [0.5, 0.6) is 0 Å². The van der Waals surface area contributed by atoms with Crippen molar-refractivity contribution in [3.05, 3.63) is 58.3 Å². The number of nitrogens with zero attached hydrogens (tertiary/aromatic N) is 6. The molecule has 0 bridgehead atoms. The van der Waals surface area contributed by atoms with Crippen molar-refractivity contribution in [3.8, 4) is 0 Å². The molecule has 8 nitrogen and oxygen atoms in total. The van der Waals surface area contributed by atoms with Crippen LogP contribution in [0.1, 0.15) is 50.9 Å². The zero-order valence-electron chi connectivity index (χ0n) is 20.6. The van der Waals surface area contributed by atoms with E-state index in [9.17, 15) is 4.79 Å². The second-order valence-corrected chi connectivity index (χ2v) is 9.45. The minimum Gasteiger partial charge on any atom is -0.364 e. The van der Waals surface area contributed by atoms with E-state index >= 15 is 0 Å². The molecule has 3 atom stereocenters. The molecule has 4 heterocycles. The number of rotatable bonds is 5. The van der Waals surface area contributed by atoms with Crippen molar-refractivity contribution in [1.82, 2.24) is 29.6 Å². The number of aromatic amines is 1. The highest BCUT2D eigenvalue weighted by molar-refractivity contribution is 5.88. The van der Waals surface area contributed by atoms with Gasteiger partial charge in [-0.15, -0.1) is 0 Å². The van der Waals surface area contributed by atoms with Crippen LogP contribution in [0.25, 0.3) is 22.1 Å². The molecule has 3 aromatic heterocycles. The van der Waals surface area contributed by atoms with Gasteiger partial charge in [0.05, 0.1) is 27.9 Å². The van der Waals surface area contributed by atoms with E-state index < -0.39 is 0 Å². The Morgan fingerprint density at radius 3 is 2.68 bits per heavy atom. The van der Waals surface area contributed by atoms with Gasteiger partial charge in [-0.2, -0.15) is 5.10 Å². The lowest BCUT2D eigenvalue weighted by Crippen LogP contribution is -2.58. The van der Waals surface area contributed by atoms with E-state index in [0.717, 1.165) is 59.4 Å². The largest absolute Gasteiger partial charge is 0.364 e. The molecule has 0 amide bonds. The molecular weight excluding hydrogens is 426 g/mol. The van der Waals surface area contributed by atoms with Crippen LogP contribution >= 0.6 is 0 Å². The minimum absolute atomic E-state index is 0.00448. The van der Waals surface area contributed by atoms with Gasteiger partial charge in [0.2, 0.25) is 0 Å². The topological polar surface area (TPSA) is 82.9 Å². The highest BCUT2D eigenvalue weighted by Gasteiger charge is 2.36. The first-order valence-corrected chi connectivity index (χ1v) is 12.2. The Labute approximate surface area is 199 Å². The molecule has 5 rings (SSSR count). The maximum atomic E-state index is 12.7. The van der Waals surface area contributed by atoms with E-state index in [1.54, 1.807) is 23.9 Å². The van der Waals surface area contributed by atoms with Gasteiger partial charge in [-0.1, -0.05) is 19.9 Å². The molecular formula is C26H33N7O. The Morgan fingerprint density at radius 2 is 1.91 bits per heavy atom. The van der Waals surface area contributed by atoms with E-state index in [1.807, 2.05) is 13.1 Å². The molecule has 1 N–H and O–H groups in total. The van der Waals surface area contributed by atoms with Crippen molar-refractivity contribution in [2.45, 2.75) is 58.7 Å². The smallest absolute Gasteiger partial charge is 0.252 e. The summed E-state index contributed by atoms with van der Waals surface area (Å²) in [6, 6.07) is 9.11. The van der Waals surface area contributed by atoms with Crippen LogP contribution in [0.4, 0.5) is 5.69 Å². The maximum Gasteiger partial charge on any atom is 0.252 e. The van der Waals surface area contributed by atoms with Crippen LogP contribution in [0.3, 0.4) is 0 Å². The average Bonchev–Trinajstić information content (AvgIpc) is 3.35. The van der Waals surface area contributed by atoms with Crippen molar-refractivity contribution >= 4 is 27.8 Å². The van der Waals surface area contributed by atoms with Gasteiger partial charge in [0.1, 0.15) is 5.52 Å². The summed E-state index contributed by atoms with van der Waals surface area (Å²) < 4.78 is 1.66. The lowest BCUT2D eigenvalue weighted by atomic mass is 9.96. The highest BCUT2D eigenvalue weighted by atomic mass is 16.1. The lowest BCUT2D eigenvalue weighted by molar-refractivity contribution is 0.101. The summed E-state index contributed by atoms with van der Waals surface area (Å²) in [5, 5.41) is 7.45. The van der Waals surface area contributed by atoms with Crippen LogP contribution in [-0.4, -0.2) is 54.8 Å². The fraction of sp³-hybridized carbons (Fsp3) is 0.462. The molecule has 1 fully saturated rings. The first-order chi connectivity index (χ1) is 16.4. The zero-order valence-corrected chi connectivity index (χ0v) is 20.6. The number of nitrogens with one attached hydrogen (secondary N) is 1. The Balaban J connectivity index is 1.49. The van der Waals surface area contributed by atoms with Gasteiger partial charge in [0.25, 0.3) is 5.56 Å². The lowest BCUT2D eigenvalue weighted by Gasteiger charge is -2.49. The van der Waals surface area contributed by atoms with Gasteiger partial charge in [0.15, 0.2) is 0 Å². The third-order valence-corrected chi connectivity index (χ3v) is 7.47. The number of hydrogen-bond acceptors (Lipinski definition) is 6. The van der Waals surface area contributed by atoms with E-state index in [2.05, 4.69) is 64.0 Å². The first kappa shape index (κ1) is 22.5. The molecule has 8 heteroatoms. The van der Waals surface area contributed by atoms with Crippen LogP contribution in [-0.2, 0) is 7.05 Å². The quantitative estimate of drug-likeness (QED) is 0.487. The molecule has 4 aromatic rings. The number of aromatic nitrogens is 5. The normalized spacial score (nSPS) is 20.3. The first-order valence-electron chi connectivity index (χ1n) is 12.2. The van der Waals surface area contributed by atoms with Gasteiger partial charge in [-0.3, -0.25) is 19.8 Å². The predicted octanol–water partition coefficient (Wildman–Crippen LogP) is 3.95. The number of pyridine rings is 1. The fourth-order valence-electron chi connectivity index (χ4n) is 5.37. The number of piperazine rings is 1. The zero-order chi connectivity index (χ0) is 24.0. The van der Waals surface area contributed by atoms with Gasteiger partial charge in [-0.05, 0) is 44.4 Å². The molecule has 34 heavy (non-hydrogen) atoms. The molecule has 0 radical (unpaired) electrons. The fourth-order valence-corrected chi connectivity index (χ4v) is 5.37. The summed E-state index contributed by atoms with van der Waals surface area (Å²) in [7, 11) is 1.80. The molecule has 1 saturated heterocycles. The number of benzene rings is 1. The van der Waals surface area contributed by atoms with Crippen molar-refractivity contribution < 1.29 is 0 Å². The van der Waals surface area contributed by atoms with Gasteiger partial charge in [0, 0.05) is 56.7 Å². The Morgan fingerprint density at radius 1 is 1.12 bits per heavy atom. The average molecular weight is 460 g/mol. The van der Waals surface area contributed by atoms with Crippen LogP contribution < -0.4 is 10.5 Å². The molecule has 0 spiro atoms. The van der Waals surface area contributed by atoms with Crippen molar-refractivity contribution in [1.29, 1.82) is 0 Å². The maximum absolute atomic E-state index is 12.7. The summed E-state index contributed by atoms with van der Waals surface area (Å²) in [4.78, 5) is 26.9. The Hall–Kier alpha value is -3.26. The molecule has 0 aliphatic carbocycles. The molecule has 1 aliphatic heterocycles. The van der Waals surface area contributed by atoms with E-state index in [1.165, 1.54) is 5.56 Å². The minimum atomic E-state index is -0.00448. The number of hydrogen-bond donors (Lipinski definition) is 1. The second kappa shape index (κ2) is 8.83. The van der Waals surface area contributed by atoms with Crippen molar-refractivity contribution in [2.75, 3.05) is 18.0 Å². The van der Waals surface area contributed by atoms with E-state index in [-0.39, 0.29) is 11.6 Å². The summed E-state index contributed by atoms with van der Waals surface area (Å²) in [6.45, 7) is 10.5. The summed E-state index contributed by atoms with van der Waals surface area (Å²) >= 11 is 0. The monoisotopic (exact) mass is 459 g/mol. The van der Waals surface area contributed by atoms with Gasteiger partial charge < -0.3 is 9.47 Å². The van der Waals surface area contributed by atoms with Gasteiger partial charge >= 0.3 is 0 Å². The van der Waals surface area contributed by atoms with Crippen molar-refractivity contribution in [2.24, 2.45) is 7.05 Å². The number of H-pyrrole nitrogens is 1. The van der Waals surface area contributed by atoms with Crippen molar-refractivity contribution in [3.63, 3.8) is 0 Å².